The molecule has 0 aliphatic rings. The minimum Gasteiger partial charge on any atom is -0.480 e. The van der Waals surface area contributed by atoms with E-state index in [1.54, 1.807) is 13.8 Å². The van der Waals surface area contributed by atoms with Crippen LogP contribution >= 0.6 is 0 Å². The summed E-state index contributed by atoms with van der Waals surface area (Å²) in [5, 5.41) is 8.23. The molecule has 102 valence electrons. The van der Waals surface area contributed by atoms with Crippen molar-refractivity contribution in [1.82, 2.24) is 0 Å². The smallest absolute Gasteiger partial charge is 0.320 e. The van der Waals surface area contributed by atoms with Gasteiger partial charge in [0.15, 0.2) is 0 Å². The fourth-order valence-electron chi connectivity index (χ4n) is 1.16. The molecule has 2 atom stereocenters. The van der Waals surface area contributed by atoms with E-state index in [0.717, 1.165) is 0 Å². The molecule has 0 aliphatic carbocycles. The summed E-state index contributed by atoms with van der Waals surface area (Å²) in [5.74, 6) is -0.910. The molecule has 4 nitrogen and oxygen atoms in total. The van der Waals surface area contributed by atoms with Crippen LogP contribution in [0.2, 0.25) is 0 Å². The third-order valence-electron chi connectivity index (χ3n) is 2.61. The second-order valence-corrected chi connectivity index (χ2v) is 4.81. The largest absolute Gasteiger partial charge is 0.480 e. The number of rotatable bonds is 3. The summed E-state index contributed by atoms with van der Waals surface area (Å²) in [6.45, 7) is 7.62. The Bertz CT molecular complexity index is 359. The second-order valence-electron chi connectivity index (χ2n) is 4.81. The fourth-order valence-corrected chi connectivity index (χ4v) is 1.16. The fraction of sp³-hybridized carbons (Fsp3) is 0.500. The number of aliphatic carboxylic acids is 1. The number of carboxylic acids is 1. The number of benzene rings is 1. The molecule has 0 saturated heterocycles. The molecule has 5 N–H and O–H groups in total. The zero-order valence-corrected chi connectivity index (χ0v) is 11.6. The number of aryl methyl sites for hydroxylation is 1. The predicted octanol–water partition coefficient (Wildman–Crippen LogP) is 2.07. The molecule has 0 aliphatic heterocycles. The summed E-state index contributed by atoms with van der Waals surface area (Å²) < 4.78 is 0. The Morgan fingerprint density at radius 1 is 1.11 bits per heavy atom. The lowest BCUT2D eigenvalue weighted by Gasteiger charge is -2.07. The van der Waals surface area contributed by atoms with Gasteiger partial charge in [0.2, 0.25) is 0 Å². The van der Waals surface area contributed by atoms with Crippen LogP contribution in [0.5, 0.6) is 0 Å². The lowest BCUT2D eigenvalue weighted by Crippen LogP contribution is -2.34. The summed E-state index contributed by atoms with van der Waals surface area (Å²) in [7, 11) is 0. The highest BCUT2D eigenvalue weighted by atomic mass is 16.4. The minimum absolute atomic E-state index is 0.0208. The van der Waals surface area contributed by atoms with Crippen LogP contribution in [0, 0.1) is 12.8 Å². The Hall–Kier alpha value is -1.39. The number of nitrogens with two attached hydrogens (primary N) is 2. The topological polar surface area (TPSA) is 89.3 Å². The molecule has 0 heterocycles. The van der Waals surface area contributed by atoms with Gasteiger partial charge in [-0.25, -0.2) is 0 Å². The van der Waals surface area contributed by atoms with Crippen LogP contribution in [0.25, 0.3) is 0 Å². The molecule has 0 bridgehead atoms. The normalized spacial score (nSPS) is 13.5. The highest BCUT2D eigenvalue weighted by Gasteiger charge is 2.14. The predicted molar refractivity (Wildman–Crippen MR) is 74.2 cm³/mol. The van der Waals surface area contributed by atoms with Crippen molar-refractivity contribution < 1.29 is 9.90 Å². The van der Waals surface area contributed by atoms with Crippen molar-refractivity contribution in [3.63, 3.8) is 0 Å². The number of hydrogen-bond donors (Lipinski definition) is 3. The molecule has 0 radical (unpaired) electrons. The quantitative estimate of drug-likeness (QED) is 0.768. The monoisotopic (exact) mass is 252 g/mol. The van der Waals surface area contributed by atoms with Gasteiger partial charge in [0.05, 0.1) is 0 Å². The van der Waals surface area contributed by atoms with Crippen LogP contribution in [0.1, 0.15) is 37.9 Å². The van der Waals surface area contributed by atoms with Crippen molar-refractivity contribution in [2.24, 2.45) is 17.4 Å². The first kappa shape index (κ1) is 16.6. The van der Waals surface area contributed by atoms with Crippen molar-refractivity contribution >= 4 is 5.97 Å². The van der Waals surface area contributed by atoms with Crippen LogP contribution in [-0.4, -0.2) is 17.1 Å². The molecule has 18 heavy (non-hydrogen) atoms. The van der Waals surface area contributed by atoms with E-state index >= 15 is 0 Å². The lowest BCUT2D eigenvalue weighted by atomic mass is 10.1. The number of carbonyl (C=O) groups is 1. The van der Waals surface area contributed by atoms with Crippen LogP contribution in [0.4, 0.5) is 0 Å². The summed E-state index contributed by atoms with van der Waals surface area (Å²) in [6.07, 6.45) is 0. The maximum Gasteiger partial charge on any atom is 0.320 e. The SMILES string of the molecule is CC(C)[C@H](N)C(=O)O.Cc1ccc(C(C)N)cc1. The molecule has 0 saturated carbocycles. The van der Waals surface area contributed by atoms with Crippen LogP contribution < -0.4 is 11.5 Å². The number of hydrogen-bond acceptors (Lipinski definition) is 3. The molecule has 1 unspecified atom stereocenters. The molecule has 1 rings (SSSR count). The third kappa shape index (κ3) is 6.37. The molecule has 1 aromatic rings. The van der Waals surface area contributed by atoms with Gasteiger partial charge in [-0.05, 0) is 25.3 Å². The minimum atomic E-state index is -0.931. The third-order valence-corrected chi connectivity index (χ3v) is 2.61. The Morgan fingerprint density at radius 3 is 1.78 bits per heavy atom. The van der Waals surface area contributed by atoms with E-state index in [9.17, 15) is 4.79 Å². The highest BCUT2D eigenvalue weighted by molar-refractivity contribution is 5.73. The van der Waals surface area contributed by atoms with Gasteiger partial charge in [-0.15, -0.1) is 0 Å². The van der Waals surface area contributed by atoms with Crippen molar-refractivity contribution in [2.75, 3.05) is 0 Å². The van der Waals surface area contributed by atoms with Gasteiger partial charge < -0.3 is 16.6 Å². The summed E-state index contributed by atoms with van der Waals surface area (Å²) in [5.41, 5.74) is 13.3. The van der Waals surface area contributed by atoms with Gasteiger partial charge in [0.1, 0.15) is 6.04 Å². The summed E-state index contributed by atoms with van der Waals surface area (Å²) >= 11 is 0. The van der Waals surface area contributed by atoms with Crippen LogP contribution in [0.15, 0.2) is 24.3 Å². The summed E-state index contributed by atoms with van der Waals surface area (Å²) in [6, 6.07) is 7.74. The van der Waals surface area contributed by atoms with Gasteiger partial charge in [0, 0.05) is 6.04 Å². The Morgan fingerprint density at radius 2 is 1.56 bits per heavy atom. The summed E-state index contributed by atoms with van der Waals surface area (Å²) in [4.78, 5) is 10.0. The van der Waals surface area contributed by atoms with Gasteiger partial charge in [-0.3, -0.25) is 4.79 Å². The second kappa shape index (κ2) is 7.84. The Kier molecular flexibility index (Phi) is 7.24. The molecule has 0 aromatic heterocycles. The molecule has 0 fully saturated rings. The highest BCUT2D eigenvalue weighted by Crippen LogP contribution is 2.09. The number of carboxylic acid groups (broad SMARTS) is 1. The first-order valence-corrected chi connectivity index (χ1v) is 6.06. The van der Waals surface area contributed by atoms with Gasteiger partial charge in [-0.1, -0.05) is 43.7 Å². The Labute approximate surface area is 109 Å². The van der Waals surface area contributed by atoms with Crippen molar-refractivity contribution in [2.45, 2.75) is 39.8 Å². The molecule has 0 amide bonds. The van der Waals surface area contributed by atoms with Gasteiger partial charge in [-0.2, -0.15) is 0 Å². The van der Waals surface area contributed by atoms with Crippen LogP contribution in [0.3, 0.4) is 0 Å². The standard InChI is InChI=1S/C9H13N.C5H11NO2/c1-7-3-5-9(6-4-7)8(2)10;1-3(2)4(6)5(7)8/h3-6,8H,10H2,1-2H3;3-4H,6H2,1-2H3,(H,7,8)/t;4-/m.0/s1. The van der Waals surface area contributed by atoms with E-state index in [4.69, 9.17) is 16.6 Å². The van der Waals surface area contributed by atoms with Crippen molar-refractivity contribution in [3.8, 4) is 0 Å². The molecule has 1 aromatic carbocycles. The molecular formula is C14H24N2O2. The first-order chi connectivity index (χ1) is 8.25. The first-order valence-electron chi connectivity index (χ1n) is 6.06. The molecule has 4 heteroatoms. The van der Waals surface area contributed by atoms with E-state index < -0.39 is 12.0 Å². The van der Waals surface area contributed by atoms with E-state index in [2.05, 4.69) is 31.2 Å². The molecular weight excluding hydrogens is 228 g/mol. The Balaban J connectivity index is 0.000000331. The molecule has 0 spiro atoms. The van der Waals surface area contributed by atoms with Gasteiger partial charge >= 0.3 is 5.97 Å². The zero-order valence-electron chi connectivity index (χ0n) is 11.6. The van der Waals surface area contributed by atoms with E-state index in [0.29, 0.717) is 0 Å². The zero-order chi connectivity index (χ0) is 14.3. The van der Waals surface area contributed by atoms with E-state index in [-0.39, 0.29) is 12.0 Å². The van der Waals surface area contributed by atoms with Crippen molar-refractivity contribution in [3.05, 3.63) is 35.4 Å². The van der Waals surface area contributed by atoms with Gasteiger partial charge in [0.25, 0.3) is 0 Å². The van der Waals surface area contributed by atoms with E-state index in [1.165, 1.54) is 11.1 Å². The van der Waals surface area contributed by atoms with E-state index in [1.807, 2.05) is 6.92 Å². The maximum absolute atomic E-state index is 10.0. The average molecular weight is 252 g/mol. The van der Waals surface area contributed by atoms with Crippen LogP contribution in [-0.2, 0) is 4.79 Å². The lowest BCUT2D eigenvalue weighted by molar-refractivity contribution is -0.139. The maximum atomic E-state index is 10.0. The average Bonchev–Trinajstić information content (AvgIpc) is 2.29. The van der Waals surface area contributed by atoms with Crippen molar-refractivity contribution in [1.29, 1.82) is 0 Å².